The number of carboxylic acid groups (broad SMARTS) is 1. The standard InChI is InChI=1S/C16H23NO5S2/c1-16(2,3)24(21,22)10-14(18)17-13(9-15(19)20)11-5-7-12(23-4)8-6-11/h5-8,13H,9-10H2,1-4H3,(H,17,18)(H,19,20). The first-order valence-electron chi connectivity index (χ1n) is 7.33. The van der Waals surface area contributed by atoms with Crippen LogP contribution in [0.2, 0.25) is 0 Å². The lowest BCUT2D eigenvalue weighted by atomic mass is 10.0. The Labute approximate surface area is 146 Å². The molecule has 1 unspecified atom stereocenters. The van der Waals surface area contributed by atoms with Gasteiger partial charge in [-0.3, -0.25) is 9.59 Å². The van der Waals surface area contributed by atoms with Crippen molar-refractivity contribution in [1.29, 1.82) is 0 Å². The summed E-state index contributed by atoms with van der Waals surface area (Å²) in [5.74, 6) is -2.45. The Hall–Kier alpha value is -1.54. The molecule has 0 fully saturated rings. The number of aliphatic carboxylic acids is 1. The van der Waals surface area contributed by atoms with E-state index < -0.39 is 38.3 Å². The molecular formula is C16H23NO5S2. The molecule has 0 saturated carbocycles. The summed E-state index contributed by atoms with van der Waals surface area (Å²) in [6.45, 7) is 4.56. The highest BCUT2D eigenvalue weighted by Crippen LogP contribution is 2.22. The van der Waals surface area contributed by atoms with Crippen LogP contribution < -0.4 is 5.32 Å². The molecule has 1 rings (SSSR count). The van der Waals surface area contributed by atoms with Crippen LogP contribution in [-0.4, -0.2) is 42.2 Å². The molecule has 1 amide bonds. The molecule has 0 spiro atoms. The molecule has 0 bridgehead atoms. The molecule has 0 heterocycles. The summed E-state index contributed by atoms with van der Waals surface area (Å²) < 4.78 is 23.2. The van der Waals surface area contributed by atoms with E-state index in [1.165, 1.54) is 20.8 Å². The maximum Gasteiger partial charge on any atom is 0.305 e. The van der Waals surface area contributed by atoms with E-state index in [9.17, 15) is 18.0 Å². The highest BCUT2D eigenvalue weighted by molar-refractivity contribution is 7.98. The average molecular weight is 373 g/mol. The van der Waals surface area contributed by atoms with Crippen molar-refractivity contribution in [3.63, 3.8) is 0 Å². The second-order valence-electron chi connectivity index (χ2n) is 6.36. The number of amides is 1. The van der Waals surface area contributed by atoms with Crippen LogP contribution in [-0.2, 0) is 19.4 Å². The van der Waals surface area contributed by atoms with Gasteiger partial charge in [-0.25, -0.2) is 8.42 Å². The van der Waals surface area contributed by atoms with Crippen LogP contribution in [0.1, 0.15) is 38.8 Å². The van der Waals surface area contributed by atoms with E-state index in [0.717, 1.165) is 4.90 Å². The second kappa shape index (κ2) is 8.02. The first-order valence-corrected chi connectivity index (χ1v) is 10.2. The Morgan fingerprint density at radius 2 is 1.75 bits per heavy atom. The van der Waals surface area contributed by atoms with Crippen LogP contribution in [0.3, 0.4) is 0 Å². The van der Waals surface area contributed by atoms with Crippen LogP contribution >= 0.6 is 11.8 Å². The van der Waals surface area contributed by atoms with Gasteiger partial charge < -0.3 is 10.4 Å². The predicted molar refractivity (Wildman–Crippen MR) is 94.9 cm³/mol. The fourth-order valence-electron chi connectivity index (χ4n) is 1.89. The molecule has 0 saturated heterocycles. The topological polar surface area (TPSA) is 101 Å². The van der Waals surface area contributed by atoms with Crippen LogP contribution in [0.4, 0.5) is 0 Å². The fraction of sp³-hybridized carbons (Fsp3) is 0.500. The lowest BCUT2D eigenvalue weighted by Crippen LogP contribution is -2.40. The quantitative estimate of drug-likeness (QED) is 0.711. The Morgan fingerprint density at radius 3 is 2.17 bits per heavy atom. The highest BCUT2D eigenvalue weighted by Gasteiger charge is 2.32. The maximum atomic E-state index is 12.1. The van der Waals surface area contributed by atoms with Gasteiger partial charge in [0.25, 0.3) is 0 Å². The predicted octanol–water partition coefficient (Wildman–Crippen LogP) is 2.25. The molecule has 1 aromatic carbocycles. The average Bonchev–Trinajstić information content (AvgIpc) is 2.44. The number of hydrogen-bond acceptors (Lipinski definition) is 5. The summed E-state index contributed by atoms with van der Waals surface area (Å²) in [6.07, 6.45) is 1.60. The van der Waals surface area contributed by atoms with Gasteiger partial charge in [0.15, 0.2) is 9.84 Å². The van der Waals surface area contributed by atoms with Crippen LogP contribution in [0.15, 0.2) is 29.2 Å². The van der Waals surface area contributed by atoms with Crippen molar-refractivity contribution in [3.05, 3.63) is 29.8 Å². The van der Waals surface area contributed by atoms with E-state index in [0.29, 0.717) is 5.56 Å². The number of hydrogen-bond donors (Lipinski definition) is 2. The van der Waals surface area contributed by atoms with Crippen LogP contribution in [0.5, 0.6) is 0 Å². The summed E-state index contributed by atoms with van der Waals surface area (Å²) >= 11 is 1.54. The molecule has 0 radical (unpaired) electrons. The first-order chi connectivity index (χ1) is 11.0. The number of nitrogens with one attached hydrogen (secondary N) is 1. The molecule has 1 atom stereocenters. The molecule has 134 valence electrons. The van der Waals surface area contributed by atoms with Gasteiger partial charge in [-0.15, -0.1) is 11.8 Å². The minimum absolute atomic E-state index is 0.320. The third-order valence-corrected chi connectivity index (χ3v) is 6.74. The third-order valence-electron chi connectivity index (χ3n) is 3.49. The zero-order valence-electron chi connectivity index (χ0n) is 14.2. The number of carbonyl (C=O) groups excluding carboxylic acids is 1. The molecule has 0 aliphatic heterocycles. The van der Waals surface area contributed by atoms with E-state index in [-0.39, 0.29) is 6.42 Å². The Kier molecular flexibility index (Phi) is 6.86. The SMILES string of the molecule is CSc1ccc(C(CC(=O)O)NC(=O)CS(=O)(=O)C(C)(C)C)cc1. The summed E-state index contributed by atoms with van der Waals surface area (Å²) in [7, 11) is -3.63. The van der Waals surface area contributed by atoms with E-state index in [1.807, 2.05) is 18.4 Å². The zero-order chi connectivity index (χ0) is 18.5. The lowest BCUT2D eigenvalue weighted by molar-refractivity contribution is -0.137. The molecule has 24 heavy (non-hydrogen) atoms. The van der Waals surface area contributed by atoms with Crippen LogP contribution in [0, 0.1) is 0 Å². The van der Waals surface area contributed by atoms with Gasteiger partial charge in [-0.05, 0) is 44.7 Å². The number of carbonyl (C=O) groups is 2. The lowest BCUT2D eigenvalue weighted by Gasteiger charge is -2.21. The number of rotatable bonds is 7. The molecule has 0 aliphatic carbocycles. The molecule has 0 aromatic heterocycles. The molecule has 8 heteroatoms. The van der Waals surface area contributed by atoms with Gasteiger partial charge in [0.05, 0.1) is 17.2 Å². The maximum absolute atomic E-state index is 12.1. The largest absolute Gasteiger partial charge is 0.481 e. The van der Waals surface area contributed by atoms with Crippen molar-refractivity contribution in [3.8, 4) is 0 Å². The number of thioether (sulfide) groups is 1. The molecular weight excluding hydrogens is 350 g/mol. The van der Waals surface area contributed by atoms with Crippen molar-refractivity contribution in [1.82, 2.24) is 5.32 Å². The van der Waals surface area contributed by atoms with Crippen molar-refractivity contribution in [2.75, 3.05) is 12.0 Å². The van der Waals surface area contributed by atoms with E-state index in [4.69, 9.17) is 5.11 Å². The van der Waals surface area contributed by atoms with Crippen molar-refractivity contribution in [2.24, 2.45) is 0 Å². The highest BCUT2D eigenvalue weighted by atomic mass is 32.2. The van der Waals surface area contributed by atoms with Crippen molar-refractivity contribution < 1.29 is 23.1 Å². The van der Waals surface area contributed by atoms with Gasteiger partial charge in [0, 0.05) is 4.90 Å². The molecule has 6 nitrogen and oxygen atoms in total. The smallest absolute Gasteiger partial charge is 0.305 e. The summed E-state index contributed by atoms with van der Waals surface area (Å²) in [4.78, 5) is 24.2. The minimum Gasteiger partial charge on any atom is -0.481 e. The third kappa shape index (κ3) is 5.83. The Morgan fingerprint density at radius 1 is 1.21 bits per heavy atom. The summed E-state index contributed by atoms with van der Waals surface area (Å²) in [5, 5.41) is 11.6. The van der Waals surface area contributed by atoms with Gasteiger partial charge in [-0.1, -0.05) is 12.1 Å². The van der Waals surface area contributed by atoms with E-state index in [2.05, 4.69) is 5.32 Å². The van der Waals surface area contributed by atoms with Crippen molar-refractivity contribution >= 4 is 33.5 Å². The Balaban J connectivity index is 2.93. The monoisotopic (exact) mass is 373 g/mol. The minimum atomic E-state index is -3.63. The van der Waals surface area contributed by atoms with Gasteiger partial charge in [0.2, 0.25) is 5.91 Å². The molecule has 2 N–H and O–H groups in total. The molecule has 0 aliphatic rings. The van der Waals surface area contributed by atoms with E-state index in [1.54, 1.807) is 23.9 Å². The summed E-state index contributed by atoms with van der Waals surface area (Å²) in [5.41, 5.74) is 0.622. The van der Waals surface area contributed by atoms with Gasteiger partial charge in [-0.2, -0.15) is 0 Å². The zero-order valence-corrected chi connectivity index (χ0v) is 15.8. The second-order valence-corrected chi connectivity index (χ2v) is 9.99. The van der Waals surface area contributed by atoms with Gasteiger partial charge in [0.1, 0.15) is 5.75 Å². The number of benzene rings is 1. The fourth-order valence-corrected chi connectivity index (χ4v) is 3.16. The van der Waals surface area contributed by atoms with Crippen molar-refractivity contribution in [2.45, 2.75) is 42.9 Å². The normalized spacial score (nSPS) is 13.3. The number of carboxylic acids is 1. The summed E-state index contributed by atoms with van der Waals surface area (Å²) in [6, 6.07) is 6.34. The Bertz CT molecular complexity index is 690. The first kappa shape index (κ1) is 20.5. The van der Waals surface area contributed by atoms with E-state index >= 15 is 0 Å². The van der Waals surface area contributed by atoms with Gasteiger partial charge >= 0.3 is 5.97 Å². The van der Waals surface area contributed by atoms with Crippen LogP contribution in [0.25, 0.3) is 0 Å². The molecule has 1 aromatic rings. The number of sulfone groups is 1.